The maximum atomic E-state index is 12.7. The molecule has 4 N–H and O–H groups in total. The van der Waals surface area contributed by atoms with Crippen molar-refractivity contribution in [3.63, 3.8) is 0 Å². The molecule has 2 aromatic heterocycles. The van der Waals surface area contributed by atoms with Crippen LogP contribution in [0, 0.1) is 0 Å². The van der Waals surface area contributed by atoms with Crippen LogP contribution in [0.1, 0.15) is 24.2 Å². The highest BCUT2D eigenvalue weighted by Crippen LogP contribution is 2.19. The molecule has 0 aliphatic heterocycles. The number of nitrogens with one attached hydrogen (secondary N) is 4. The topological polar surface area (TPSA) is 132 Å². The molecule has 3 aromatic rings. The third-order valence-corrected chi connectivity index (χ3v) is 5.01. The Morgan fingerprint density at radius 1 is 1.15 bits per heavy atom. The van der Waals surface area contributed by atoms with Crippen molar-refractivity contribution in [1.82, 2.24) is 19.9 Å². The minimum Gasteiger partial charge on any atom is -0.383 e. The summed E-state index contributed by atoms with van der Waals surface area (Å²) in [7, 11) is 1.71. The Kier molecular flexibility index (Phi) is 7.74. The smallest absolute Gasteiger partial charge is 0.271 e. The summed E-state index contributed by atoms with van der Waals surface area (Å²) in [5, 5.41) is 8.74. The predicted molar refractivity (Wildman–Crippen MR) is 128 cm³/mol. The first-order valence-corrected chi connectivity index (χ1v) is 10.6. The average molecular weight is 450 g/mol. The number of anilines is 3. The van der Waals surface area contributed by atoms with E-state index in [1.165, 1.54) is 6.20 Å². The Bertz CT molecular complexity index is 1180. The molecule has 0 saturated carbocycles. The highest BCUT2D eigenvalue weighted by molar-refractivity contribution is 6.04. The standard InChI is InChI=1S/C23H27N7O3/c1-4-30(15(2)31)12-11-25-18-7-5-16(6-8-18)21(32)28-20-13-17(14-27-22(20)33)19-9-10-26-23(24-3)29-19/h5-10,13-14,25H,4,11-12H2,1-3H3,(H,27,33)(H,28,32)(H,24,26,29). The van der Waals surface area contributed by atoms with Crippen LogP contribution in [0.4, 0.5) is 17.3 Å². The molecule has 10 nitrogen and oxygen atoms in total. The Hall–Kier alpha value is -4.21. The summed E-state index contributed by atoms with van der Waals surface area (Å²) < 4.78 is 0. The van der Waals surface area contributed by atoms with Gasteiger partial charge in [0, 0.05) is 62.8 Å². The maximum Gasteiger partial charge on any atom is 0.271 e. The number of aromatic amines is 1. The monoisotopic (exact) mass is 449 g/mol. The van der Waals surface area contributed by atoms with Gasteiger partial charge in [0.1, 0.15) is 5.69 Å². The molecule has 2 amide bonds. The van der Waals surface area contributed by atoms with E-state index in [4.69, 9.17) is 0 Å². The first-order valence-electron chi connectivity index (χ1n) is 10.6. The van der Waals surface area contributed by atoms with Crippen LogP contribution >= 0.6 is 0 Å². The van der Waals surface area contributed by atoms with Crippen LogP contribution in [0.3, 0.4) is 0 Å². The van der Waals surface area contributed by atoms with Gasteiger partial charge in [0.15, 0.2) is 0 Å². The molecule has 3 rings (SSSR count). The molecule has 33 heavy (non-hydrogen) atoms. The van der Waals surface area contributed by atoms with E-state index >= 15 is 0 Å². The fourth-order valence-electron chi connectivity index (χ4n) is 3.17. The highest BCUT2D eigenvalue weighted by Gasteiger charge is 2.11. The summed E-state index contributed by atoms with van der Waals surface area (Å²) in [5.41, 5.74) is 2.17. The van der Waals surface area contributed by atoms with E-state index in [1.54, 1.807) is 61.5 Å². The van der Waals surface area contributed by atoms with Crippen LogP contribution in [0.25, 0.3) is 11.3 Å². The van der Waals surface area contributed by atoms with Gasteiger partial charge in [0.05, 0.1) is 5.69 Å². The minimum absolute atomic E-state index is 0.0348. The Labute approximate surface area is 191 Å². The number of H-pyrrole nitrogens is 1. The Morgan fingerprint density at radius 2 is 1.91 bits per heavy atom. The summed E-state index contributed by atoms with van der Waals surface area (Å²) in [5.74, 6) is 0.0748. The van der Waals surface area contributed by atoms with Crippen molar-refractivity contribution in [2.45, 2.75) is 13.8 Å². The second-order valence-electron chi connectivity index (χ2n) is 7.20. The molecule has 0 aliphatic rings. The van der Waals surface area contributed by atoms with Gasteiger partial charge < -0.3 is 25.8 Å². The van der Waals surface area contributed by atoms with E-state index in [9.17, 15) is 14.4 Å². The second-order valence-corrected chi connectivity index (χ2v) is 7.20. The van der Waals surface area contributed by atoms with E-state index in [2.05, 4.69) is 30.9 Å². The fraction of sp³-hybridized carbons (Fsp3) is 0.261. The van der Waals surface area contributed by atoms with Crippen molar-refractivity contribution < 1.29 is 9.59 Å². The molecular weight excluding hydrogens is 422 g/mol. The number of carbonyl (C=O) groups is 2. The van der Waals surface area contributed by atoms with E-state index in [0.717, 1.165) is 5.69 Å². The lowest BCUT2D eigenvalue weighted by atomic mass is 10.1. The molecule has 0 spiro atoms. The first kappa shape index (κ1) is 23.5. The molecule has 0 fully saturated rings. The molecule has 0 atom stereocenters. The van der Waals surface area contributed by atoms with Crippen LogP contribution in [0.15, 0.2) is 53.6 Å². The van der Waals surface area contributed by atoms with Gasteiger partial charge in [-0.2, -0.15) is 0 Å². The van der Waals surface area contributed by atoms with E-state index in [0.29, 0.717) is 42.4 Å². The number of rotatable bonds is 9. The molecule has 0 radical (unpaired) electrons. The normalized spacial score (nSPS) is 10.4. The van der Waals surface area contributed by atoms with Gasteiger partial charge in [-0.15, -0.1) is 0 Å². The fourth-order valence-corrected chi connectivity index (χ4v) is 3.17. The highest BCUT2D eigenvalue weighted by atomic mass is 16.2. The number of aromatic nitrogens is 3. The van der Waals surface area contributed by atoms with Gasteiger partial charge in [-0.3, -0.25) is 14.4 Å². The average Bonchev–Trinajstić information content (AvgIpc) is 2.83. The van der Waals surface area contributed by atoms with Crippen molar-refractivity contribution in [1.29, 1.82) is 0 Å². The van der Waals surface area contributed by atoms with Crippen LogP contribution in [0.5, 0.6) is 0 Å². The Morgan fingerprint density at radius 3 is 2.58 bits per heavy atom. The molecular formula is C23H27N7O3. The van der Waals surface area contributed by atoms with Crippen LogP contribution in [-0.4, -0.2) is 58.3 Å². The Balaban J connectivity index is 1.66. The largest absolute Gasteiger partial charge is 0.383 e. The molecule has 10 heteroatoms. The number of amides is 2. The molecule has 0 unspecified atom stereocenters. The molecule has 2 heterocycles. The number of hydrogen-bond acceptors (Lipinski definition) is 7. The summed E-state index contributed by atoms with van der Waals surface area (Å²) >= 11 is 0. The van der Waals surface area contributed by atoms with E-state index < -0.39 is 11.5 Å². The van der Waals surface area contributed by atoms with Gasteiger partial charge in [-0.25, -0.2) is 9.97 Å². The zero-order chi connectivity index (χ0) is 23.8. The van der Waals surface area contributed by atoms with Gasteiger partial charge in [-0.05, 0) is 43.3 Å². The van der Waals surface area contributed by atoms with Crippen LogP contribution in [0.2, 0.25) is 0 Å². The summed E-state index contributed by atoms with van der Waals surface area (Å²) in [4.78, 5) is 49.2. The lowest BCUT2D eigenvalue weighted by Crippen LogP contribution is -2.32. The number of carbonyl (C=O) groups excluding carboxylic acids is 2. The van der Waals surface area contributed by atoms with E-state index in [-0.39, 0.29) is 11.6 Å². The summed E-state index contributed by atoms with van der Waals surface area (Å²) in [6.45, 7) is 5.33. The quantitative estimate of drug-likeness (QED) is 0.394. The SMILES string of the molecule is CCN(CCNc1ccc(C(=O)Nc2cc(-c3ccnc(NC)n3)c[nH]c2=O)cc1)C(C)=O. The lowest BCUT2D eigenvalue weighted by Gasteiger charge is -2.19. The predicted octanol–water partition coefficient (Wildman–Crippen LogP) is 2.41. The number of hydrogen-bond donors (Lipinski definition) is 4. The first-order chi connectivity index (χ1) is 15.9. The molecule has 0 saturated heterocycles. The van der Waals surface area contributed by atoms with Gasteiger partial charge >= 0.3 is 0 Å². The summed E-state index contributed by atoms with van der Waals surface area (Å²) in [6.07, 6.45) is 3.14. The van der Waals surface area contributed by atoms with Crippen molar-refractivity contribution in [2.75, 3.05) is 42.6 Å². The zero-order valence-corrected chi connectivity index (χ0v) is 18.8. The van der Waals surface area contributed by atoms with Crippen LogP contribution in [-0.2, 0) is 4.79 Å². The third-order valence-electron chi connectivity index (χ3n) is 5.01. The third kappa shape index (κ3) is 6.16. The van der Waals surface area contributed by atoms with E-state index in [1.807, 2.05) is 6.92 Å². The molecule has 0 aliphatic carbocycles. The van der Waals surface area contributed by atoms with Gasteiger partial charge in [-0.1, -0.05) is 0 Å². The molecule has 0 bridgehead atoms. The van der Waals surface area contributed by atoms with Crippen LogP contribution < -0.4 is 21.5 Å². The minimum atomic E-state index is -0.417. The maximum absolute atomic E-state index is 12.7. The van der Waals surface area contributed by atoms with Crippen molar-refractivity contribution in [3.8, 4) is 11.3 Å². The molecule has 172 valence electrons. The number of benzene rings is 1. The van der Waals surface area contributed by atoms with Crippen molar-refractivity contribution in [2.24, 2.45) is 0 Å². The lowest BCUT2D eigenvalue weighted by molar-refractivity contribution is -0.128. The van der Waals surface area contributed by atoms with Gasteiger partial charge in [0.2, 0.25) is 11.9 Å². The van der Waals surface area contributed by atoms with Crippen molar-refractivity contribution in [3.05, 3.63) is 64.7 Å². The number of pyridine rings is 1. The number of likely N-dealkylation sites (N-methyl/N-ethyl adjacent to an activating group) is 1. The zero-order valence-electron chi connectivity index (χ0n) is 18.8. The second kappa shape index (κ2) is 10.9. The van der Waals surface area contributed by atoms with Gasteiger partial charge in [0.25, 0.3) is 11.5 Å². The van der Waals surface area contributed by atoms with Crippen molar-refractivity contribution >= 4 is 29.1 Å². The summed E-state index contributed by atoms with van der Waals surface area (Å²) in [6, 6.07) is 10.2. The number of nitrogens with zero attached hydrogens (tertiary/aromatic N) is 3. The molecule has 1 aromatic carbocycles.